The summed E-state index contributed by atoms with van der Waals surface area (Å²) in [6.45, 7) is 2.88. The lowest BCUT2D eigenvalue weighted by Gasteiger charge is -2.44. The normalized spacial score (nSPS) is 21.0. The minimum Gasteiger partial charge on any atom is -0.388 e. The molecule has 1 aromatic carbocycles. The van der Waals surface area contributed by atoms with Crippen LogP contribution in [0.3, 0.4) is 0 Å². The number of carbonyl (C=O) groups excluding carboxylic acids is 2. The number of nitrogens with zero attached hydrogens (tertiary/aromatic N) is 7. The quantitative estimate of drug-likeness (QED) is 0.352. The number of rotatable bonds is 6. The molecule has 2 saturated heterocycles. The van der Waals surface area contributed by atoms with Gasteiger partial charge < -0.3 is 19.8 Å². The van der Waals surface area contributed by atoms with Crippen LogP contribution < -0.4 is 10.7 Å². The Morgan fingerprint density at radius 3 is 2.53 bits per heavy atom. The number of hydrogen-bond acceptors (Lipinski definition) is 9. The highest BCUT2D eigenvalue weighted by Gasteiger charge is 2.42. The highest BCUT2D eigenvalue weighted by Crippen LogP contribution is 2.36. The summed E-state index contributed by atoms with van der Waals surface area (Å²) < 4.78 is 0. The first-order valence-electron chi connectivity index (χ1n) is 15.4. The SMILES string of the molecule is O=C(c1cnc(-c2ccncc2)s1)N1CC[C@H](C(=O)N2CCC(O)(CN3C=c4ncccc4=NC3)CC2)[C@@H](c2ccccc2)C1. The van der Waals surface area contributed by atoms with Gasteiger partial charge in [-0.2, -0.15) is 0 Å². The number of piperidine rings is 2. The lowest BCUT2D eigenvalue weighted by molar-refractivity contribution is -0.142. The second-order valence-electron chi connectivity index (χ2n) is 12.1. The van der Waals surface area contributed by atoms with Crippen LogP contribution in [0.15, 0.2) is 84.4 Å². The first-order valence-corrected chi connectivity index (χ1v) is 16.2. The summed E-state index contributed by atoms with van der Waals surface area (Å²) >= 11 is 1.38. The molecule has 4 aromatic rings. The Balaban J connectivity index is 1.02. The topological polar surface area (TPSA) is 115 Å². The molecule has 0 aliphatic carbocycles. The first kappa shape index (κ1) is 29.2. The molecule has 0 radical (unpaired) electrons. The molecule has 0 spiro atoms. The molecule has 3 aromatic heterocycles. The first-order chi connectivity index (χ1) is 22.0. The number of pyridine rings is 2. The van der Waals surface area contributed by atoms with E-state index in [1.165, 1.54) is 11.3 Å². The molecule has 7 rings (SSSR count). The molecule has 2 amide bonds. The smallest absolute Gasteiger partial charge is 0.265 e. The Bertz CT molecular complexity index is 1790. The maximum atomic E-state index is 14.1. The number of benzene rings is 1. The molecule has 2 fully saturated rings. The number of β-amino-alcohol motifs (C(OH)–C–C–N with tert-alkyl or cyclic N) is 1. The van der Waals surface area contributed by atoms with Gasteiger partial charge >= 0.3 is 0 Å². The highest BCUT2D eigenvalue weighted by molar-refractivity contribution is 7.16. The van der Waals surface area contributed by atoms with Crippen LogP contribution in [0.2, 0.25) is 0 Å². The van der Waals surface area contributed by atoms with Crippen LogP contribution in [0.5, 0.6) is 0 Å². The number of aliphatic hydroxyl groups is 1. The zero-order valence-electron chi connectivity index (χ0n) is 24.9. The largest absolute Gasteiger partial charge is 0.388 e. The molecular formula is C34H35N7O3S. The molecule has 10 nitrogen and oxygen atoms in total. The van der Waals surface area contributed by atoms with E-state index in [-0.39, 0.29) is 23.7 Å². The molecule has 6 heterocycles. The number of carbonyl (C=O) groups is 2. The fourth-order valence-electron chi connectivity index (χ4n) is 6.66. The molecule has 45 heavy (non-hydrogen) atoms. The van der Waals surface area contributed by atoms with E-state index < -0.39 is 5.60 Å². The van der Waals surface area contributed by atoms with Gasteiger partial charge in [0.25, 0.3) is 5.91 Å². The van der Waals surface area contributed by atoms with E-state index >= 15 is 0 Å². The van der Waals surface area contributed by atoms with Crippen molar-refractivity contribution in [1.29, 1.82) is 0 Å². The van der Waals surface area contributed by atoms with E-state index in [0.29, 0.717) is 63.5 Å². The van der Waals surface area contributed by atoms with Gasteiger partial charge in [-0.1, -0.05) is 30.3 Å². The van der Waals surface area contributed by atoms with Crippen LogP contribution in [-0.2, 0) is 4.79 Å². The predicted octanol–water partition coefficient (Wildman–Crippen LogP) is 2.53. The highest BCUT2D eigenvalue weighted by atomic mass is 32.1. The van der Waals surface area contributed by atoms with E-state index in [0.717, 1.165) is 26.8 Å². The Morgan fingerprint density at radius 2 is 1.73 bits per heavy atom. The molecule has 3 aliphatic rings. The van der Waals surface area contributed by atoms with E-state index in [4.69, 9.17) is 0 Å². The molecule has 0 saturated carbocycles. The van der Waals surface area contributed by atoms with Crippen LogP contribution in [0, 0.1) is 5.92 Å². The molecule has 0 unspecified atom stereocenters. The van der Waals surface area contributed by atoms with Crippen molar-refractivity contribution in [2.75, 3.05) is 39.4 Å². The zero-order chi connectivity index (χ0) is 30.8. The lowest BCUT2D eigenvalue weighted by Crippen LogP contribution is -2.55. The molecule has 1 N–H and O–H groups in total. The van der Waals surface area contributed by atoms with E-state index in [1.807, 2.05) is 63.4 Å². The van der Waals surface area contributed by atoms with Gasteiger partial charge in [-0.05, 0) is 49.1 Å². The van der Waals surface area contributed by atoms with Gasteiger partial charge in [-0.25, -0.2) is 4.98 Å². The molecule has 2 atom stereocenters. The summed E-state index contributed by atoms with van der Waals surface area (Å²) in [4.78, 5) is 51.6. The number of hydrogen-bond donors (Lipinski definition) is 1. The third kappa shape index (κ3) is 6.23. The van der Waals surface area contributed by atoms with E-state index in [9.17, 15) is 14.7 Å². The van der Waals surface area contributed by atoms with Gasteiger partial charge in [-0.3, -0.25) is 24.5 Å². The van der Waals surface area contributed by atoms with Crippen molar-refractivity contribution in [3.8, 4) is 10.6 Å². The third-order valence-electron chi connectivity index (χ3n) is 9.14. The number of likely N-dealkylation sites (tertiary alicyclic amines) is 2. The summed E-state index contributed by atoms with van der Waals surface area (Å²) in [5, 5.41) is 13.9. The number of amides is 2. The summed E-state index contributed by atoms with van der Waals surface area (Å²) in [6, 6.07) is 17.6. The van der Waals surface area contributed by atoms with Gasteiger partial charge in [0.15, 0.2) is 0 Å². The van der Waals surface area contributed by atoms with Crippen molar-refractivity contribution in [3.63, 3.8) is 0 Å². The van der Waals surface area contributed by atoms with Gasteiger partial charge in [0, 0.05) is 74.9 Å². The monoisotopic (exact) mass is 621 g/mol. The Kier molecular flexibility index (Phi) is 8.12. The van der Waals surface area contributed by atoms with Crippen molar-refractivity contribution in [2.45, 2.75) is 30.8 Å². The maximum absolute atomic E-state index is 14.1. The molecule has 3 aliphatic heterocycles. The summed E-state index contributed by atoms with van der Waals surface area (Å²) in [5.74, 6) is -0.314. The Labute approximate surface area is 265 Å². The summed E-state index contributed by atoms with van der Waals surface area (Å²) in [5.41, 5.74) is 1.08. The van der Waals surface area contributed by atoms with Crippen LogP contribution in [-0.4, -0.2) is 91.6 Å². The second-order valence-corrected chi connectivity index (χ2v) is 13.1. The van der Waals surface area contributed by atoms with Gasteiger partial charge in [0.1, 0.15) is 21.9 Å². The molecule has 0 bridgehead atoms. The number of aromatic nitrogens is 3. The fraction of sp³-hybridized carbons (Fsp3) is 0.353. The molecule has 11 heteroatoms. The van der Waals surface area contributed by atoms with Crippen molar-refractivity contribution in [2.24, 2.45) is 10.9 Å². The third-order valence-corrected chi connectivity index (χ3v) is 10.2. The van der Waals surface area contributed by atoms with Gasteiger partial charge in [-0.15, -0.1) is 11.3 Å². The Morgan fingerprint density at radius 1 is 0.933 bits per heavy atom. The van der Waals surface area contributed by atoms with Crippen molar-refractivity contribution in [3.05, 3.63) is 101 Å². The molecular weight excluding hydrogens is 586 g/mol. The van der Waals surface area contributed by atoms with E-state index in [2.05, 4.69) is 32.1 Å². The lowest BCUT2D eigenvalue weighted by atomic mass is 9.79. The minimum atomic E-state index is -0.909. The average Bonchev–Trinajstić information content (AvgIpc) is 3.59. The van der Waals surface area contributed by atoms with Gasteiger partial charge in [0.2, 0.25) is 5.91 Å². The predicted molar refractivity (Wildman–Crippen MR) is 170 cm³/mol. The van der Waals surface area contributed by atoms with Gasteiger partial charge in [0.05, 0.1) is 17.2 Å². The zero-order valence-corrected chi connectivity index (χ0v) is 25.7. The minimum absolute atomic E-state index is 0.0539. The summed E-state index contributed by atoms with van der Waals surface area (Å²) in [7, 11) is 0. The second kappa shape index (κ2) is 12.5. The van der Waals surface area contributed by atoms with Crippen molar-refractivity contribution < 1.29 is 14.7 Å². The standard InChI is InChI=1S/C34H35N7O3S/c42-32(40-17-11-34(44,12-18-40)22-39-21-29-28(38-23-39)7-4-13-36-29)26-10-16-41(20-27(26)24-5-2-1-3-6-24)33(43)30-19-37-31(45-30)25-8-14-35-15-9-25/h1-9,13-15,19,21,26-27,44H,10-12,16-18,20,22-23H2/t26-,27+/m0/s1. The maximum Gasteiger partial charge on any atom is 0.265 e. The molecule has 230 valence electrons. The van der Waals surface area contributed by atoms with Crippen LogP contribution in [0.4, 0.5) is 0 Å². The van der Waals surface area contributed by atoms with Crippen LogP contribution in [0.1, 0.15) is 40.4 Å². The number of thiazole rings is 1. The van der Waals surface area contributed by atoms with Crippen LogP contribution in [0.25, 0.3) is 16.8 Å². The number of fused-ring (bicyclic) bond motifs is 1. The van der Waals surface area contributed by atoms with Crippen molar-refractivity contribution in [1.82, 2.24) is 29.7 Å². The summed E-state index contributed by atoms with van der Waals surface area (Å²) in [6.07, 6.45) is 10.4. The Hall–Kier alpha value is -4.48. The van der Waals surface area contributed by atoms with E-state index in [1.54, 1.807) is 24.8 Å². The fourth-order valence-corrected chi connectivity index (χ4v) is 7.55. The van der Waals surface area contributed by atoms with Crippen molar-refractivity contribution >= 4 is 29.4 Å². The van der Waals surface area contributed by atoms with Crippen LogP contribution >= 0.6 is 11.3 Å². The average molecular weight is 622 g/mol.